The van der Waals surface area contributed by atoms with E-state index in [4.69, 9.17) is 22.1 Å². The molecule has 0 spiro atoms. The lowest BCUT2D eigenvalue weighted by Crippen LogP contribution is -2.37. The minimum absolute atomic E-state index is 0.0489. The van der Waals surface area contributed by atoms with Crippen molar-refractivity contribution < 1.29 is 28.4 Å². The molecule has 162 valence electrons. The molecule has 11 heteroatoms. The van der Waals surface area contributed by atoms with E-state index in [9.17, 15) is 28.9 Å². The Morgan fingerprint density at radius 1 is 1.19 bits per heavy atom. The van der Waals surface area contributed by atoms with Crippen LogP contribution in [-0.2, 0) is 19.1 Å². The van der Waals surface area contributed by atoms with Gasteiger partial charge < -0.3 is 15.4 Å². The topological polar surface area (TPSA) is 133 Å². The molecule has 0 heterocycles. The molecule has 0 fully saturated rings. The van der Waals surface area contributed by atoms with Crippen LogP contribution in [0.5, 0.6) is 0 Å². The quantitative estimate of drug-likeness (QED) is 0.271. The second kappa shape index (κ2) is 10.8. The smallest absolute Gasteiger partial charge is 0.331 e. The molecule has 9 nitrogen and oxygen atoms in total. The number of nitrogens with zero attached hydrogens (tertiary/aromatic N) is 2. The molecule has 2 aromatic carbocycles. The van der Waals surface area contributed by atoms with E-state index >= 15 is 0 Å². The second-order valence-corrected chi connectivity index (χ2v) is 6.55. The van der Waals surface area contributed by atoms with Gasteiger partial charge in [-0.15, -0.1) is 0 Å². The minimum atomic E-state index is -0.875. The highest BCUT2D eigenvalue weighted by Gasteiger charge is 2.18. The molecule has 0 bridgehead atoms. The summed E-state index contributed by atoms with van der Waals surface area (Å²) in [7, 11) is 0. The molecule has 0 atom stereocenters. The van der Waals surface area contributed by atoms with Crippen molar-refractivity contribution in [2.45, 2.75) is 6.42 Å². The summed E-state index contributed by atoms with van der Waals surface area (Å²) < 4.78 is 18.0. The predicted octanol–water partition coefficient (Wildman–Crippen LogP) is 2.85. The Morgan fingerprint density at radius 3 is 2.48 bits per heavy atom. The van der Waals surface area contributed by atoms with Gasteiger partial charge in [0.1, 0.15) is 10.8 Å². The van der Waals surface area contributed by atoms with Gasteiger partial charge in [0.15, 0.2) is 6.61 Å². The molecule has 0 saturated carbocycles. The highest BCUT2D eigenvalue weighted by molar-refractivity contribution is 6.32. The van der Waals surface area contributed by atoms with E-state index in [-0.39, 0.29) is 23.7 Å². The molecular formula is C20H17ClFN3O6. The first-order valence-electron chi connectivity index (χ1n) is 8.80. The zero-order chi connectivity index (χ0) is 23.0. The van der Waals surface area contributed by atoms with Crippen LogP contribution in [0, 0.1) is 15.9 Å². The molecule has 0 aliphatic rings. The third kappa shape index (κ3) is 7.19. The number of carbonyl (C=O) groups is 3. The molecule has 0 radical (unpaired) electrons. The fourth-order valence-corrected chi connectivity index (χ4v) is 2.62. The summed E-state index contributed by atoms with van der Waals surface area (Å²) in [6, 6.07) is 8.90. The van der Waals surface area contributed by atoms with Gasteiger partial charge in [-0.05, 0) is 42.0 Å². The number of rotatable bonds is 9. The normalized spacial score (nSPS) is 10.6. The van der Waals surface area contributed by atoms with Gasteiger partial charge in [-0.1, -0.05) is 17.7 Å². The molecule has 0 unspecified atom stereocenters. The van der Waals surface area contributed by atoms with Crippen molar-refractivity contribution in [3.63, 3.8) is 0 Å². The summed E-state index contributed by atoms with van der Waals surface area (Å²) >= 11 is 5.72. The van der Waals surface area contributed by atoms with E-state index in [1.54, 1.807) is 0 Å². The number of hydrogen-bond donors (Lipinski definition) is 1. The highest BCUT2D eigenvalue weighted by Crippen LogP contribution is 2.25. The molecule has 2 N–H and O–H groups in total. The van der Waals surface area contributed by atoms with E-state index in [1.165, 1.54) is 36.4 Å². The van der Waals surface area contributed by atoms with Crippen LogP contribution >= 0.6 is 11.6 Å². The Labute approximate surface area is 181 Å². The van der Waals surface area contributed by atoms with Crippen LogP contribution in [0.2, 0.25) is 5.02 Å². The van der Waals surface area contributed by atoms with Crippen LogP contribution < -0.4 is 10.6 Å². The number of primary amides is 1. The van der Waals surface area contributed by atoms with Crippen molar-refractivity contribution in [1.82, 2.24) is 0 Å². The van der Waals surface area contributed by atoms with Crippen molar-refractivity contribution in [2.75, 3.05) is 18.1 Å². The first kappa shape index (κ1) is 23.5. The zero-order valence-electron chi connectivity index (χ0n) is 16.0. The van der Waals surface area contributed by atoms with Crippen LogP contribution in [0.25, 0.3) is 6.08 Å². The highest BCUT2D eigenvalue weighted by atomic mass is 35.5. The maximum atomic E-state index is 13.1. The van der Waals surface area contributed by atoms with Gasteiger partial charge in [-0.3, -0.25) is 19.7 Å². The minimum Gasteiger partial charge on any atom is -0.452 e. The summed E-state index contributed by atoms with van der Waals surface area (Å²) in [5.74, 6) is -2.68. The van der Waals surface area contributed by atoms with E-state index in [2.05, 4.69) is 0 Å². The van der Waals surface area contributed by atoms with Crippen LogP contribution in [0.4, 0.5) is 15.8 Å². The number of nitro groups is 1. The lowest BCUT2D eigenvalue weighted by molar-refractivity contribution is -0.384. The fraction of sp³-hybridized carbons (Fsp3) is 0.150. The number of esters is 1. The number of nitro benzene ring substituents is 1. The maximum Gasteiger partial charge on any atom is 0.331 e. The predicted molar refractivity (Wildman–Crippen MR) is 111 cm³/mol. The number of benzene rings is 2. The zero-order valence-corrected chi connectivity index (χ0v) is 16.8. The number of hydrogen-bond acceptors (Lipinski definition) is 6. The van der Waals surface area contributed by atoms with Crippen LogP contribution in [0.15, 0.2) is 48.5 Å². The SMILES string of the molecule is NC(=O)CCN(C(=O)COC(=O)/C=C/c1ccc(Cl)c([N+](=O)[O-])c1)c1ccc(F)cc1. The Bertz CT molecular complexity index is 1030. The number of halogens is 2. The van der Waals surface area contributed by atoms with E-state index in [0.717, 1.165) is 23.1 Å². The van der Waals surface area contributed by atoms with E-state index in [1.807, 2.05) is 0 Å². The molecular weight excluding hydrogens is 433 g/mol. The average Bonchev–Trinajstić information content (AvgIpc) is 2.72. The van der Waals surface area contributed by atoms with Crippen molar-refractivity contribution in [3.05, 3.63) is 75.1 Å². The molecule has 2 amide bonds. The third-order valence-electron chi connectivity index (χ3n) is 3.94. The van der Waals surface area contributed by atoms with Gasteiger partial charge in [-0.25, -0.2) is 9.18 Å². The van der Waals surface area contributed by atoms with Crippen molar-refractivity contribution in [3.8, 4) is 0 Å². The Morgan fingerprint density at radius 2 is 1.87 bits per heavy atom. The van der Waals surface area contributed by atoms with Crippen molar-refractivity contribution >= 4 is 46.8 Å². The summed E-state index contributed by atoms with van der Waals surface area (Å²) in [6.45, 7) is -0.734. The van der Waals surface area contributed by atoms with E-state index in [0.29, 0.717) is 11.3 Å². The number of nitrogens with two attached hydrogens (primary N) is 1. The van der Waals surface area contributed by atoms with E-state index < -0.39 is 35.1 Å². The van der Waals surface area contributed by atoms with Crippen molar-refractivity contribution in [1.29, 1.82) is 0 Å². The van der Waals surface area contributed by atoms with Gasteiger partial charge in [0.2, 0.25) is 5.91 Å². The van der Waals surface area contributed by atoms with Crippen LogP contribution in [0.1, 0.15) is 12.0 Å². The first-order valence-corrected chi connectivity index (χ1v) is 9.18. The van der Waals surface area contributed by atoms with Gasteiger partial charge in [0.05, 0.1) is 4.92 Å². The number of amides is 2. The lowest BCUT2D eigenvalue weighted by atomic mass is 10.2. The van der Waals surface area contributed by atoms with Gasteiger partial charge >= 0.3 is 5.97 Å². The van der Waals surface area contributed by atoms with Gasteiger partial charge in [0.25, 0.3) is 11.6 Å². The fourth-order valence-electron chi connectivity index (χ4n) is 2.44. The summed E-state index contributed by atoms with van der Waals surface area (Å²) in [5.41, 5.74) is 5.42. The summed E-state index contributed by atoms with van der Waals surface area (Å²) in [6.07, 6.45) is 2.11. The Kier molecular flexibility index (Phi) is 8.21. The molecule has 2 rings (SSSR count). The average molecular weight is 450 g/mol. The monoisotopic (exact) mass is 449 g/mol. The maximum absolute atomic E-state index is 13.1. The number of anilines is 1. The third-order valence-corrected chi connectivity index (χ3v) is 4.26. The van der Waals surface area contributed by atoms with Gasteiger partial charge in [0, 0.05) is 30.8 Å². The Hall–Kier alpha value is -3.79. The molecule has 0 saturated heterocycles. The Balaban J connectivity index is 2.02. The standard InChI is InChI=1S/C20H17ClFN3O6/c21-16-7-1-13(11-17(16)25(29)30)2-8-20(28)31-12-19(27)24(10-9-18(23)26)15-5-3-14(22)4-6-15/h1-8,11H,9-10,12H2,(H2,23,26)/b8-2+. The summed E-state index contributed by atoms with van der Waals surface area (Å²) in [4.78, 5) is 46.8. The largest absolute Gasteiger partial charge is 0.452 e. The van der Waals surface area contributed by atoms with Crippen LogP contribution in [0.3, 0.4) is 0 Å². The van der Waals surface area contributed by atoms with Crippen LogP contribution in [-0.4, -0.2) is 35.9 Å². The number of carbonyl (C=O) groups excluding carboxylic acids is 3. The number of ether oxygens (including phenoxy) is 1. The van der Waals surface area contributed by atoms with Crippen molar-refractivity contribution in [2.24, 2.45) is 5.73 Å². The molecule has 0 aromatic heterocycles. The molecule has 31 heavy (non-hydrogen) atoms. The first-order chi connectivity index (χ1) is 14.7. The second-order valence-electron chi connectivity index (χ2n) is 6.15. The molecule has 0 aliphatic carbocycles. The lowest BCUT2D eigenvalue weighted by Gasteiger charge is -2.22. The summed E-state index contributed by atoms with van der Waals surface area (Å²) in [5, 5.41) is 10.8. The van der Waals surface area contributed by atoms with Gasteiger partial charge in [-0.2, -0.15) is 0 Å². The molecule has 0 aliphatic heterocycles. The molecule has 2 aromatic rings.